The molecule has 7 heteroatoms. The van der Waals surface area contributed by atoms with Crippen molar-refractivity contribution in [2.75, 3.05) is 40.0 Å². The number of methoxy groups -OCH3 is 1. The highest BCUT2D eigenvalue weighted by Gasteiger charge is 2.43. The smallest absolute Gasteiger partial charge is 0.110 e. The zero-order chi connectivity index (χ0) is 18.0. The summed E-state index contributed by atoms with van der Waals surface area (Å²) in [6.45, 7) is 2.10. The van der Waals surface area contributed by atoms with Crippen molar-refractivity contribution in [1.29, 1.82) is 0 Å². The molecule has 2 heterocycles. The monoisotopic (exact) mass is 375 g/mol. The van der Waals surface area contributed by atoms with Crippen molar-refractivity contribution in [3.63, 3.8) is 0 Å². The van der Waals surface area contributed by atoms with Crippen LogP contribution in [0.2, 0.25) is 0 Å². The lowest BCUT2D eigenvalue weighted by Crippen LogP contribution is -2.52. The van der Waals surface area contributed by atoms with Gasteiger partial charge < -0.3 is 14.7 Å². The number of ether oxygens (including phenoxy) is 1. The summed E-state index contributed by atoms with van der Waals surface area (Å²) < 4.78 is 20.0. The largest absolute Gasteiger partial charge is 0.381 e. The minimum Gasteiger partial charge on any atom is -0.381 e. The first kappa shape index (κ1) is 19.8. The Bertz CT molecular complexity index is 425. The summed E-state index contributed by atoms with van der Waals surface area (Å²) >= 11 is 1.80. The Balaban J connectivity index is 1.50. The zero-order valence-corrected chi connectivity index (χ0v) is 16.6. The van der Waals surface area contributed by atoms with Crippen LogP contribution < -0.4 is 5.32 Å². The summed E-state index contributed by atoms with van der Waals surface area (Å²) in [4.78, 5) is 4.56. The lowest BCUT2D eigenvalue weighted by molar-refractivity contribution is -0.0142. The molecule has 3 rings (SSSR count). The highest BCUT2D eigenvalue weighted by molar-refractivity contribution is 8.00. The van der Waals surface area contributed by atoms with E-state index in [4.69, 9.17) is 4.74 Å². The van der Waals surface area contributed by atoms with E-state index in [9.17, 15) is 9.50 Å². The minimum absolute atomic E-state index is 0.0748. The van der Waals surface area contributed by atoms with Crippen LogP contribution in [0, 0.1) is 11.8 Å². The average molecular weight is 376 g/mol. The fourth-order valence-electron chi connectivity index (χ4n) is 4.57. The van der Waals surface area contributed by atoms with Gasteiger partial charge >= 0.3 is 0 Å². The van der Waals surface area contributed by atoms with E-state index in [1.165, 1.54) is 0 Å². The number of nitrogens with one attached hydrogen (secondary N) is 1. The molecule has 2 saturated heterocycles. The van der Waals surface area contributed by atoms with Gasteiger partial charge in [0.05, 0.1) is 6.10 Å². The van der Waals surface area contributed by atoms with Crippen LogP contribution in [-0.4, -0.2) is 85.0 Å². The number of alkyl halides is 1. The zero-order valence-electron chi connectivity index (χ0n) is 15.7. The number of aliphatic hydroxyl groups excluding tert-OH is 1. The van der Waals surface area contributed by atoms with Crippen molar-refractivity contribution in [2.45, 2.75) is 62.1 Å². The van der Waals surface area contributed by atoms with Gasteiger partial charge in [-0.3, -0.25) is 10.2 Å². The molecule has 2 N–H and O–H groups in total. The topological polar surface area (TPSA) is 48.0 Å². The lowest BCUT2D eigenvalue weighted by atomic mass is 9.81. The molecular weight excluding hydrogens is 341 g/mol. The Hall–Kier alpha value is 0.0800. The number of hydrogen-bond acceptors (Lipinski definition) is 6. The van der Waals surface area contributed by atoms with E-state index in [1.807, 2.05) is 0 Å². The normalized spacial score (nSPS) is 40.4. The Morgan fingerprint density at radius 2 is 1.92 bits per heavy atom. The maximum absolute atomic E-state index is 14.6. The molecule has 3 fully saturated rings. The molecular formula is C18H34FN3O2S. The van der Waals surface area contributed by atoms with Crippen molar-refractivity contribution >= 4 is 11.8 Å². The molecule has 6 unspecified atom stereocenters. The van der Waals surface area contributed by atoms with Crippen molar-refractivity contribution < 1.29 is 14.2 Å². The molecule has 5 nitrogen and oxygen atoms in total. The highest BCUT2D eigenvalue weighted by atomic mass is 32.2. The van der Waals surface area contributed by atoms with E-state index in [1.54, 1.807) is 18.9 Å². The van der Waals surface area contributed by atoms with Crippen LogP contribution in [0.1, 0.15) is 32.1 Å². The molecule has 146 valence electrons. The fourth-order valence-corrected chi connectivity index (χ4v) is 6.06. The van der Waals surface area contributed by atoms with Crippen LogP contribution in [0.3, 0.4) is 0 Å². The van der Waals surface area contributed by atoms with Gasteiger partial charge in [0.25, 0.3) is 0 Å². The van der Waals surface area contributed by atoms with Crippen LogP contribution in [0.15, 0.2) is 0 Å². The predicted octanol–water partition coefficient (Wildman–Crippen LogP) is 1.72. The Labute approximate surface area is 155 Å². The maximum Gasteiger partial charge on any atom is 0.110 e. The molecule has 1 saturated carbocycles. The molecule has 1 aliphatic carbocycles. The third kappa shape index (κ3) is 4.68. The first-order valence-electron chi connectivity index (χ1n) is 9.62. The molecule has 0 amide bonds. The summed E-state index contributed by atoms with van der Waals surface area (Å²) in [5.74, 6) is 1.32. The third-order valence-electron chi connectivity index (χ3n) is 6.44. The van der Waals surface area contributed by atoms with Crippen molar-refractivity contribution in [3.8, 4) is 0 Å². The van der Waals surface area contributed by atoms with Crippen LogP contribution >= 0.6 is 11.8 Å². The number of hydrogen-bond donors (Lipinski definition) is 2. The predicted molar refractivity (Wildman–Crippen MR) is 100 cm³/mol. The summed E-state index contributed by atoms with van der Waals surface area (Å²) in [6.07, 6.45) is 3.23. The molecule has 0 aromatic carbocycles. The molecule has 3 aliphatic rings. The molecule has 0 bridgehead atoms. The van der Waals surface area contributed by atoms with Crippen LogP contribution in [0.5, 0.6) is 0 Å². The Morgan fingerprint density at radius 1 is 1.20 bits per heavy atom. The average Bonchev–Trinajstić information content (AvgIpc) is 2.96. The van der Waals surface area contributed by atoms with Gasteiger partial charge in [0.15, 0.2) is 0 Å². The van der Waals surface area contributed by atoms with Crippen LogP contribution in [0.25, 0.3) is 0 Å². The van der Waals surface area contributed by atoms with Crippen LogP contribution in [-0.2, 0) is 4.74 Å². The van der Waals surface area contributed by atoms with E-state index in [0.29, 0.717) is 12.3 Å². The van der Waals surface area contributed by atoms with Gasteiger partial charge in [0.1, 0.15) is 17.9 Å². The Kier molecular flexibility index (Phi) is 7.02. The minimum atomic E-state index is -0.788. The molecule has 0 aromatic rings. The van der Waals surface area contributed by atoms with Gasteiger partial charge in [0.2, 0.25) is 0 Å². The number of halogens is 1. The number of piperidine rings is 1. The van der Waals surface area contributed by atoms with Crippen LogP contribution in [0.4, 0.5) is 4.39 Å². The van der Waals surface area contributed by atoms with Gasteiger partial charge in [-0.2, -0.15) is 0 Å². The van der Waals surface area contributed by atoms with Gasteiger partial charge in [-0.05, 0) is 52.9 Å². The lowest BCUT2D eigenvalue weighted by Gasteiger charge is -2.39. The molecule has 0 radical (unpaired) electrons. The molecule has 2 aliphatic heterocycles. The van der Waals surface area contributed by atoms with E-state index < -0.39 is 12.4 Å². The number of rotatable bonds is 5. The fraction of sp³-hybridized carbons (Fsp3) is 1.00. The summed E-state index contributed by atoms with van der Waals surface area (Å²) in [5.41, 5.74) is 0.0759. The second-order valence-corrected chi connectivity index (χ2v) is 9.13. The SMILES string of the molecule is COC1CCC(C2CSC(NC(O)C3CCN(C)CC3)N2C)C(F)C1. The van der Waals surface area contributed by atoms with E-state index in [0.717, 1.165) is 44.5 Å². The highest BCUT2D eigenvalue weighted by Crippen LogP contribution is 2.39. The first-order valence-corrected chi connectivity index (χ1v) is 10.7. The molecule has 25 heavy (non-hydrogen) atoms. The van der Waals surface area contributed by atoms with Crippen molar-refractivity contribution in [1.82, 2.24) is 15.1 Å². The van der Waals surface area contributed by atoms with Gasteiger partial charge in [-0.1, -0.05) is 0 Å². The standard InChI is InChI=1S/C18H34FN3O2S/c1-21-8-6-12(7-9-21)17(23)20-18-22(2)16(11-25-18)14-5-4-13(24-3)10-15(14)19/h12-18,20,23H,4-11H2,1-3H3. The number of thioether (sulfide) groups is 1. The van der Waals surface area contributed by atoms with Crippen molar-refractivity contribution in [3.05, 3.63) is 0 Å². The van der Waals surface area contributed by atoms with E-state index in [2.05, 4.69) is 29.2 Å². The summed E-state index contributed by atoms with van der Waals surface area (Å²) in [5, 5.41) is 14.0. The molecule has 6 atom stereocenters. The van der Waals surface area contributed by atoms with Gasteiger partial charge in [0, 0.05) is 37.2 Å². The first-order chi connectivity index (χ1) is 12.0. The Morgan fingerprint density at radius 3 is 2.56 bits per heavy atom. The second kappa shape index (κ2) is 8.85. The second-order valence-electron chi connectivity index (χ2n) is 8.02. The third-order valence-corrected chi connectivity index (χ3v) is 7.76. The van der Waals surface area contributed by atoms with Gasteiger partial charge in [-0.15, -0.1) is 11.8 Å². The molecule has 0 aromatic heterocycles. The van der Waals surface area contributed by atoms with Crippen molar-refractivity contribution in [2.24, 2.45) is 11.8 Å². The molecule has 0 spiro atoms. The quantitative estimate of drug-likeness (QED) is 0.714. The van der Waals surface area contributed by atoms with E-state index >= 15 is 0 Å². The number of nitrogens with zero attached hydrogens (tertiary/aromatic N) is 2. The number of likely N-dealkylation sites (tertiary alicyclic amines) is 1. The van der Waals surface area contributed by atoms with Gasteiger partial charge in [-0.25, -0.2) is 4.39 Å². The summed E-state index contributed by atoms with van der Waals surface area (Å²) in [6, 6.07) is 0.236. The maximum atomic E-state index is 14.6. The van der Waals surface area contributed by atoms with E-state index in [-0.39, 0.29) is 23.6 Å². The summed E-state index contributed by atoms with van der Waals surface area (Å²) in [7, 11) is 5.88. The number of aliphatic hydroxyl groups is 1.